The highest BCUT2D eigenvalue weighted by Gasteiger charge is 2.31. The van der Waals surface area contributed by atoms with E-state index >= 15 is 0 Å². The molecule has 0 aliphatic carbocycles. The van der Waals surface area contributed by atoms with Crippen LogP contribution in [0.5, 0.6) is 0 Å². The Bertz CT molecular complexity index is 1040. The molecule has 1 aliphatic heterocycles. The van der Waals surface area contributed by atoms with Crippen LogP contribution in [-0.4, -0.2) is 37.8 Å². The first kappa shape index (κ1) is 19.4. The Hall–Kier alpha value is -2.88. The molecule has 3 aromatic heterocycles. The van der Waals surface area contributed by atoms with Gasteiger partial charge < -0.3 is 9.88 Å². The lowest BCUT2D eigenvalue weighted by molar-refractivity contribution is -0.137. The lowest BCUT2D eigenvalue weighted by Gasteiger charge is -2.33. The molecule has 3 aromatic rings. The Kier molecular flexibility index (Phi) is 5.03. The van der Waals surface area contributed by atoms with Crippen molar-refractivity contribution in [2.75, 3.05) is 18.0 Å². The number of anilines is 1. The van der Waals surface area contributed by atoms with Gasteiger partial charge in [-0.3, -0.25) is 4.79 Å². The van der Waals surface area contributed by atoms with E-state index in [0.29, 0.717) is 30.9 Å². The number of imidazole rings is 1. The largest absolute Gasteiger partial charge is 0.417 e. The molecule has 11 heteroatoms. The maximum absolute atomic E-state index is 12.7. The average Bonchev–Trinajstić information content (AvgIpc) is 3.25. The molecule has 4 rings (SSSR count). The predicted molar refractivity (Wildman–Crippen MR) is 100 cm³/mol. The third kappa shape index (κ3) is 3.84. The van der Waals surface area contributed by atoms with Crippen molar-refractivity contribution in [3.05, 3.63) is 63.7 Å². The molecule has 0 aromatic carbocycles. The number of H-pyrrole nitrogens is 1. The van der Waals surface area contributed by atoms with Gasteiger partial charge in [0.25, 0.3) is 5.56 Å². The summed E-state index contributed by atoms with van der Waals surface area (Å²) in [5, 5.41) is 4.02. The topological polar surface area (TPSA) is 79.7 Å². The summed E-state index contributed by atoms with van der Waals surface area (Å²) in [6.45, 7) is 1.35. The zero-order valence-corrected chi connectivity index (χ0v) is 15.8. The van der Waals surface area contributed by atoms with Crippen LogP contribution in [0.25, 0.3) is 5.82 Å². The second-order valence-electron chi connectivity index (χ2n) is 6.70. The van der Waals surface area contributed by atoms with E-state index in [-0.39, 0.29) is 10.8 Å². The Morgan fingerprint density at radius 1 is 1.14 bits per heavy atom. The molecule has 0 bridgehead atoms. The predicted octanol–water partition coefficient (Wildman–Crippen LogP) is 3.41. The monoisotopic (exact) mass is 424 g/mol. The van der Waals surface area contributed by atoms with E-state index in [9.17, 15) is 18.0 Å². The van der Waals surface area contributed by atoms with Crippen molar-refractivity contribution in [2.45, 2.75) is 24.9 Å². The van der Waals surface area contributed by atoms with Gasteiger partial charge in [0.15, 0.2) is 5.82 Å². The Morgan fingerprint density at radius 2 is 1.90 bits per heavy atom. The van der Waals surface area contributed by atoms with Crippen molar-refractivity contribution in [3.8, 4) is 5.82 Å². The smallest absolute Gasteiger partial charge is 0.369 e. The second-order valence-corrected chi connectivity index (χ2v) is 7.08. The van der Waals surface area contributed by atoms with Gasteiger partial charge in [0.05, 0.1) is 17.4 Å². The molecule has 0 radical (unpaired) electrons. The first-order valence-corrected chi connectivity index (χ1v) is 9.28. The fraction of sp³-hybridized carbons (Fsp3) is 0.333. The molecule has 152 valence electrons. The van der Waals surface area contributed by atoms with Crippen molar-refractivity contribution >= 4 is 17.3 Å². The molecule has 1 aliphatic rings. The van der Waals surface area contributed by atoms with Crippen LogP contribution in [0.3, 0.4) is 0 Å². The molecular formula is C18H16ClF3N6O. The minimum absolute atomic E-state index is 0.0343. The van der Waals surface area contributed by atoms with Gasteiger partial charge in [0.2, 0.25) is 0 Å². The number of nitrogens with one attached hydrogen (secondary N) is 1. The number of rotatable bonds is 3. The minimum atomic E-state index is -4.51. The molecular weight excluding hydrogens is 409 g/mol. The lowest BCUT2D eigenvalue weighted by Crippen LogP contribution is -2.35. The molecule has 0 atom stereocenters. The van der Waals surface area contributed by atoms with Crippen LogP contribution in [-0.2, 0) is 6.18 Å². The number of pyridine rings is 1. The zero-order chi connectivity index (χ0) is 20.6. The van der Waals surface area contributed by atoms with Crippen molar-refractivity contribution in [1.82, 2.24) is 24.7 Å². The van der Waals surface area contributed by atoms with Gasteiger partial charge in [-0.2, -0.15) is 23.0 Å². The second kappa shape index (κ2) is 7.51. The van der Waals surface area contributed by atoms with Crippen LogP contribution >= 0.6 is 11.6 Å². The Morgan fingerprint density at radius 3 is 2.48 bits per heavy atom. The fourth-order valence-corrected chi connectivity index (χ4v) is 3.63. The standard InChI is InChI=1S/C18H16ClF3N6O/c19-15-13(27-7-3-11(4-8-27)16-23-5-6-24-16)10-26-28(17(15)29)14-2-1-12(9-25-14)18(20,21)22/h1-2,5-6,9-11H,3-4,7-8H2,(H,23,24). The summed E-state index contributed by atoms with van der Waals surface area (Å²) in [5.74, 6) is 1.22. The van der Waals surface area contributed by atoms with Gasteiger partial charge in [-0.15, -0.1) is 0 Å². The van der Waals surface area contributed by atoms with Crippen LogP contribution in [0, 0.1) is 0 Å². The van der Waals surface area contributed by atoms with E-state index < -0.39 is 17.3 Å². The van der Waals surface area contributed by atoms with Gasteiger partial charge in [0.1, 0.15) is 10.8 Å². The van der Waals surface area contributed by atoms with Gasteiger partial charge in [-0.25, -0.2) is 9.97 Å². The van der Waals surface area contributed by atoms with Crippen molar-refractivity contribution in [3.63, 3.8) is 0 Å². The van der Waals surface area contributed by atoms with Crippen LogP contribution < -0.4 is 10.5 Å². The summed E-state index contributed by atoms with van der Waals surface area (Å²) in [7, 11) is 0. The molecule has 0 saturated carbocycles. The van der Waals surface area contributed by atoms with E-state index in [0.717, 1.165) is 35.5 Å². The molecule has 7 nitrogen and oxygen atoms in total. The average molecular weight is 425 g/mol. The number of nitrogens with zero attached hydrogens (tertiary/aromatic N) is 5. The molecule has 1 fully saturated rings. The van der Waals surface area contributed by atoms with Gasteiger partial charge in [0, 0.05) is 37.6 Å². The van der Waals surface area contributed by atoms with Crippen LogP contribution in [0.15, 0.2) is 41.7 Å². The minimum Gasteiger partial charge on any atom is -0.369 e. The van der Waals surface area contributed by atoms with E-state index in [1.807, 2.05) is 4.90 Å². The SMILES string of the molecule is O=c1c(Cl)c(N2CCC(c3ncc[nH]3)CC2)cnn1-c1ccc(C(F)(F)F)cn1. The van der Waals surface area contributed by atoms with E-state index in [1.165, 1.54) is 6.20 Å². The first-order chi connectivity index (χ1) is 13.8. The number of piperidine rings is 1. The van der Waals surface area contributed by atoms with Crippen molar-refractivity contribution in [2.24, 2.45) is 0 Å². The molecule has 1 N–H and O–H groups in total. The summed E-state index contributed by atoms with van der Waals surface area (Å²) in [6.07, 6.45) is 2.78. The Labute approximate surface area is 168 Å². The van der Waals surface area contributed by atoms with Crippen LogP contribution in [0.4, 0.5) is 18.9 Å². The van der Waals surface area contributed by atoms with E-state index in [1.54, 1.807) is 12.4 Å². The maximum Gasteiger partial charge on any atom is 0.417 e. The quantitative estimate of drug-likeness (QED) is 0.697. The highest BCUT2D eigenvalue weighted by atomic mass is 35.5. The number of aromatic amines is 1. The molecule has 29 heavy (non-hydrogen) atoms. The number of halogens is 4. The Balaban J connectivity index is 1.54. The number of alkyl halides is 3. The number of aromatic nitrogens is 5. The van der Waals surface area contributed by atoms with Gasteiger partial charge >= 0.3 is 6.18 Å². The summed E-state index contributed by atoms with van der Waals surface area (Å²) in [6, 6.07) is 1.93. The molecule has 1 saturated heterocycles. The highest BCUT2D eigenvalue weighted by Crippen LogP contribution is 2.31. The van der Waals surface area contributed by atoms with Gasteiger partial charge in [-0.1, -0.05) is 11.6 Å². The van der Waals surface area contributed by atoms with Crippen LogP contribution in [0.1, 0.15) is 30.1 Å². The third-order valence-corrected chi connectivity index (χ3v) is 5.29. The maximum atomic E-state index is 12.7. The number of hydrogen-bond donors (Lipinski definition) is 1. The molecule has 0 spiro atoms. The number of hydrogen-bond acceptors (Lipinski definition) is 5. The van der Waals surface area contributed by atoms with Crippen molar-refractivity contribution in [1.29, 1.82) is 0 Å². The molecule has 4 heterocycles. The lowest BCUT2D eigenvalue weighted by atomic mass is 9.96. The molecule has 0 unspecified atom stereocenters. The third-order valence-electron chi connectivity index (χ3n) is 4.93. The fourth-order valence-electron chi connectivity index (χ4n) is 3.38. The summed E-state index contributed by atoms with van der Waals surface area (Å²) < 4.78 is 38.9. The zero-order valence-electron chi connectivity index (χ0n) is 15.0. The first-order valence-electron chi connectivity index (χ1n) is 8.90. The summed E-state index contributed by atoms with van der Waals surface area (Å²) >= 11 is 6.28. The highest BCUT2D eigenvalue weighted by molar-refractivity contribution is 6.33. The van der Waals surface area contributed by atoms with Crippen molar-refractivity contribution < 1.29 is 13.2 Å². The van der Waals surface area contributed by atoms with E-state index in [4.69, 9.17) is 11.6 Å². The normalized spacial score (nSPS) is 15.7. The molecule has 0 amide bonds. The van der Waals surface area contributed by atoms with E-state index in [2.05, 4.69) is 20.1 Å². The van der Waals surface area contributed by atoms with Crippen LogP contribution in [0.2, 0.25) is 5.02 Å². The summed E-state index contributed by atoms with van der Waals surface area (Å²) in [4.78, 5) is 25.7. The van der Waals surface area contributed by atoms with Gasteiger partial charge in [-0.05, 0) is 25.0 Å². The summed E-state index contributed by atoms with van der Waals surface area (Å²) in [5.41, 5.74) is -1.04.